The van der Waals surface area contributed by atoms with Crippen LogP contribution in [0.4, 0.5) is 0 Å². The highest BCUT2D eigenvalue weighted by atomic mass is 16.4. The molecule has 0 unspecified atom stereocenters. The molecule has 0 atom stereocenters. The summed E-state index contributed by atoms with van der Waals surface area (Å²) in [6.07, 6.45) is 1.37. The van der Waals surface area contributed by atoms with Gasteiger partial charge in [0.1, 0.15) is 5.69 Å². The number of carboxylic acid groups (broad SMARTS) is 1. The van der Waals surface area contributed by atoms with E-state index in [2.05, 4.69) is 4.98 Å². The van der Waals surface area contributed by atoms with Gasteiger partial charge in [0.05, 0.1) is 11.0 Å². The molecule has 1 heterocycles. The molecule has 5 nitrogen and oxygen atoms in total. The van der Waals surface area contributed by atoms with Crippen LogP contribution >= 0.6 is 0 Å². The lowest BCUT2D eigenvalue weighted by molar-refractivity contribution is -0.137. The van der Waals surface area contributed by atoms with E-state index in [1.165, 1.54) is 0 Å². The Morgan fingerprint density at radius 2 is 2.05 bits per heavy atom. The average molecular weight is 260 g/mol. The second-order valence-corrected chi connectivity index (χ2v) is 4.49. The van der Waals surface area contributed by atoms with E-state index in [4.69, 9.17) is 5.11 Å². The number of hydrogen-bond donors (Lipinski definition) is 1. The van der Waals surface area contributed by atoms with Crippen molar-refractivity contribution >= 4 is 17.0 Å². The number of aliphatic carboxylic acids is 1. The second-order valence-electron chi connectivity index (χ2n) is 4.49. The van der Waals surface area contributed by atoms with Crippen molar-refractivity contribution in [3.63, 3.8) is 0 Å². The van der Waals surface area contributed by atoms with Crippen LogP contribution in [0.3, 0.4) is 0 Å². The van der Waals surface area contributed by atoms with Gasteiger partial charge in [-0.25, -0.2) is 4.98 Å². The molecule has 0 radical (unpaired) electrons. The summed E-state index contributed by atoms with van der Waals surface area (Å²) in [7, 11) is 0. The monoisotopic (exact) mass is 260 g/mol. The van der Waals surface area contributed by atoms with Gasteiger partial charge in [-0.2, -0.15) is 0 Å². The summed E-state index contributed by atoms with van der Waals surface area (Å²) in [6, 6.07) is 7.48. The molecule has 0 aliphatic rings. The Morgan fingerprint density at radius 3 is 2.79 bits per heavy atom. The van der Waals surface area contributed by atoms with Gasteiger partial charge in [-0.15, -0.1) is 0 Å². The maximum Gasteiger partial charge on any atom is 0.303 e. The predicted molar refractivity (Wildman–Crippen MR) is 72.2 cm³/mol. The lowest BCUT2D eigenvalue weighted by Crippen LogP contribution is -2.24. The molecule has 2 aromatic rings. The fraction of sp³-hybridized carbons (Fsp3) is 0.357. The molecule has 0 spiro atoms. The fourth-order valence-corrected chi connectivity index (χ4v) is 2.09. The predicted octanol–water partition coefficient (Wildman–Crippen LogP) is 1.96. The molecule has 0 saturated heterocycles. The number of aromatic nitrogens is 2. The average Bonchev–Trinajstić information content (AvgIpc) is 2.38. The summed E-state index contributed by atoms with van der Waals surface area (Å²) >= 11 is 0. The molecule has 5 heteroatoms. The zero-order chi connectivity index (χ0) is 13.8. The Balaban J connectivity index is 2.28. The zero-order valence-corrected chi connectivity index (χ0v) is 10.8. The first-order chi connectivity index (χ1) is 9.09. The normalized spacial score (nSPS) is 10.8. The van der Waals surface area contributed by atoms with E-state index in [9.17, 15) is 9.59 Å². The van der Waals surface area contributed by atoms with Crippen molar-refractivity contribution in [2.24, 2.45) is 0 Å². The van der Waals surface area contributed by atoms with E-state index in [0.29, 0.717) is 25.1 Å². The van der Waals surface area contributed by atoms with E-state index >= 15 is 0 Å². The molecule has 0 amide bonds. The molecule has 100 valence electrons. The number of aryl methyl sites for hydroxylation is 2. The summed E-state index contributed by atoms with van der Waals surface area (Å²) in [6.45, 7) is 2.22. The molecule has 0 aliphatic carbocycles. The molecule has 0 fully saturated rings. The number of unbranched alkanes of at least 4 members (excludes halogenated alkanes) is 1. The van der Waals surface area contributed by atoms with Gasteiger partial charge >= 0.3 is 5.97 Å². The molecular formula is C14H16N2O3. The van der Waals surface area contributed by atoms with Crippen LogP contribution in [0, 0.1) is 6.92 Å². The number of nitrogens with zero attached hydrogens (tertiary/aromatic N) is 2. The van der Waals surface area contributed by atoms with Crippen LogP contribution in [-0.2, 0) is 11.3 Å². The Labute approximate surface area is 110 Å². The maximum atomic E-state index is 12.1. The molecule has 1 aromatic heterocycles. The highest BCUT2D eigenvalue weighted by molar-refractivity contribution is 5.74. The SMILES string of the molecule is Cc1nc2ccccc2n(CCCCC(=O)O)c1=O. The number of carbonyl (C=O) groups is 1. The van der Waals surface area contributed by atoms with Crippen LogP contribution in [0.25, 0.3) is 11.0 Å². The molecule has 0 aliphatic heterocycles. The largest absolute Gasteiger partial charge is 0.481 e. The Kier molecular flexibility index (Phi) is 3.94. The quantitative estimate of drug-likeness (QED) is 0.834. The molecule has 19 heavy (non-hydrogen) atoms. The van der Waals surface area contributed by atoms with Gasteiger partial charge in [0.2, 0.25) is 0 Å². The Bertz CT molecular complexity index is 661. The number of carboxylic acids is 1. The van der Waals surface area contributed by atoms with Crippen molar-refractivity contribution < 1.29 is 9.90 Å². The third-order valence-electron chi connectivity index (χ3n) is 3.04. The Morgan fingerprint density at radius 1 is 1.32 bits per heavy atom. The first-order valence-corrected chi connectivity index (χ1v) is 6.27. The third kappa shape index (κ3) is 2.99. The smallest absolute Gasteiger partial charge is 0.303 e. The van der Waals surface area contributed by atoms with Crippen molar-refractivity contribution in [1.29, 1.82) is 0 Å². The van der Waals surface area contributed by atoms with E-state index in [1.54, 1.807) is 11.5 Å². The standard InChI is InChI=1S/C14H16N2O3/c1-10-14(19)16(9-5-4-8-13(17)18)12-7-3-2-6-11(12)15-10/h2-3,6-7H,4-5,8-9H2,1H3,(H,17,18). The van der Waals surface area contributed by atoms with Gasteiger partial charge in [-0.1, -0.05) is 12.1 Å². The highest BCUT2D eigenvalue weighted by Crippen LogP contribution is 2.11. The second kappa shape index (κ2) is 5.65. The van der Waals surface area contributed by atoms with Crippen LogP contribution in [0.2, 0.25) is 0 Å². The number of fused-ring (bicyclic) bond motifs is 1. The number of hydrogen-bond acceptors (Lipinski definition) is 3. The highest BCUT2D eigenvalue weighted by Gasteiger charge is 2.07. The van der Waals surface area contributed by atoms with Gasteiger partial charge in [0, 0.05) is 13.0 Å². The summed E-state index contributed by atoms with van der Waals surface area (Å²) in [5.41, 5.74) is 1.96. The van der Waals surface area contributed by atoms with E-state index in [0.717, 1.165) is 11.0 Å². The lowest BCUT2D eigenvalue weighted by Gasteiger charge is -2.10. The lowest BCUT2D eigenvalue weighted by atomic mass is 10.2. The van der Waals surface area contributed by atoms with Gasteiger partial charge < -0.3 is 9.67 Å². The van der Waals surface area contributed by atoms with Crippen molar-refractivity contribution in [3.8, 4) is 0 Å². The molecule has 2 rings (SSSR count). The van der Waals surface area contributed by atoms with Crippen molar-refractivity contribution in [2.75, 3.05) is 0 Å². The van der Waals surface area contributed by atoms with Gasteiger partial charge in [0.25, 0.3) is 5.56 Å². The fourth-order valence-electron chi connectivity index (χ4n) is 2.09. The number of para-hydroxylation sites is 2. The third-order valence-corrected chi connectivity index (χ3v) is 3.04. The van der Waals surface area contributed by atoms with Crippen molar-refractivity contribution in [3.05, 3.63) is 40.3 Å². The first kappa shape index (κ1) is 13.3. The topological polar surface area (TPSA) is 72.2 Å². The molecule has 0 saturated carbocycles. The molecule has 1 N–H and O–H groups in total. The van der Waals surface area contributed by atoms with Crippen LogP contribution in [0.15, 0.2) is 29.1 Å². The van der Waals surface area contributed by atoms with E-state index in [1.807, 2.05) is 24.3 Å². The minimum atomic E-state index is -0.803. The summed E-state index contributed by atoms with van der Waals surface area (Å²) < 4.78 is 1.68. The van der Waals surface area contributed by atoms with Crippen LogP contribution in [0.1, 0.15) is 25.0 Å². The minimum Gasteiger partial charge on any atom is -0.481 e. The van der Waals surface area contributed by atoms with Crippen LogP contribution in [-0.4, -0.2) is 20.6 Å². The minimum absolute atomic E-state index is 0.103. The van der Waals surface area contributed by atoms with Crippen molar-refractivity contribution in [2.45, 2.75) is 32.7 Å². The molecule has 0 bridgehead atoms. The first-order valence-electron chi connectivity index (χ1n) is 6.27. The van der Waals surface area contributed by atoms with E-state index < -0.39 is 5.97 Å². The summed E-state index contributed by atoms with van der Waals surface area (Å²) in [4.78, 5) is 26.8. The van der Waals surface area contributed by atoms with Gasteiger partial charge in [0.15, 0.2) is 0 Å². The van der Waals surface area contributed by atoms with Gasteiger partial charge in [-0.05, 0) is 31.9 Å². The number of benzene rings is 1. The maximum absolute atomic E-state index is 12.1. The molecular weight excluding hydrogens is 244 g/mol. The van der Waals surface area contributed by atoms with Crippen molar-refractivity contribution in [1.82, 2.24) is 9.55 Å². The number of rotatable bonds is 5. The molecule has 1 aromatic carbocycles. The van der Waals surface area contributed by atoms with Crippen LogP contribution in [0.5, 0.6) is 0 Å². The zero-order valence-electron chi connectivity index (χ0n) is 10.8. The Hall–Kier alpha value is -2.17. The van der Waals surface area contributed by atoms with Gasteiger partial charge in [-0.3, -0.25) is 9.59 Å². The van der Waals surface area contributed by atoms with Crippen LogP contribution < -0.4 is 5.56 Å². The van der Waals surface area contributed by atoms with E-state index in [-0.39, 0.29) is 12.0 Å². The summed E-state index contributed by atoms with van der Waals surface area (Å²) in [5, 5.41) is 8.60. The summed E-state index contributed by atoms with van der Waals surface area (Å²) in [5.74, 6) is -0.803.